The SMILES string of the molecule is CC(C)C/C=C/CI. The van der Waals surface area contributed by atoms with E-state index in [9.17, 15) is 0 Å². The summed E-state index contributed by atoms with van der Waals surface area (Å²) in [4.78, 5) is 0. The summed E-state index contributed by atoms with van der Waals surface area (Å²) in [7, 11) is 0. The lowest BCUT2D eigenvalue weighted by molar-refractivity contribution is 0.663. The minimum atomic E-state index is 0.814. The number of allylic oxidation sites excluding steroid dienone is 2. The van der Waals surface area contributed by atoms with Gasteiger partial charge in [0.15, 0.2) is 0 Å². The molecule has 48 valence electrons. The van der Waals surface area contributed by atoms with Crippen molar-refractivity contribution in [3.8, 4) is 0 Å². The van der Waals surface area contributed by atoms with Crippen LogP contribution in [-0.4, -0.2) is 4.43 Å². The molecule has 0 amide bonds. The Balaban J connectivity index is 3.03. The molecule has 0 heterocycles. The van der Waals surface area contributed by atoms with E-state index in [1.165, 1.54) is 6.42 Å². The largest absolute Gasteiger partial charge is 0.0875 e. The van der Waals surface area contributed by atoms with Crippen LogP contribution >= 0.6 is 22.6 Å². The molecule has 0 nitrogen and oxygen atoms in total. The molecule has 0 aliphatic heterocycles. The Kier molecular flexibility index (Phi) is 5.93. The summed E-state index contributed by atoms with van der Waals surface area (Å²) in [6.45, 7) is 4.47. The fourth-order valence-electron chi connectivity index (χ4n) is 0.431. The van der Waals surface area contributed by atoms with Crippen molar-refractivity contribution in [2.75, 3.05) is 4.43 Å². The van der Waals surface area contributed by atoms with Crippen LogP contribution in [0.3, 0.4) is 0 Å². The minimum Gasteiger partial charge on any atom is -0.0875 e. The van der Waals surface area contributed by atoms with Gasteiger partial charge < -0.3 is 0 Å². The maximum absolute atomic E-state index is 2.35. The first kappa shape index (κ1) is 8.47. The average Bonchev–Trinajstić information content (AvgIpc) is 1.66. The fraction of sp³-hybridized carbons (Fsp3) is 0.714. The molecule has 0 aliphatic carbocycles. The van der Waals surface area contributed by atoms with Gasteiger partial charge in [-0.25, -0.2) is 0 Å². The van der Waals surface area contributed by atoms with Crippen molar-refractivity contribution in [2.24, 2.45) is 5.92 Å². The zero-order chi connectivity index (χ0) is 6.41. The Labute approximate surface area is 65.5 Å². The number of alkyl halides is 1. The van der Waals surface area contributed by atoms with Gasteiger partial charge in [0, 0.05) is 4.43 Å². The highest BCUT2D eigenvalue weighted by atomic mass is 127. The van der Waals surface area contributed by atoms with E-state index >= 15 is 0 Å². The molecular weight excluding hydrogens is 211 g/mol. The third kappa shape index (κ3) is 6.47. The standard InChI is InChI=1S/C7H13I/c1-7(2)5-3-4-6-8/h3-4,7H,5-6H2,1-2H3/b4-3+. The normalized spacial score (nSPS) is 11.5. The van der Waals surface area contributed by atoms with E-state index in [1.807, 2.05) is 0 Å². The Bertz CT molecular complexity index is 64.8. The first-order valence-electron chi connectivity index (χ1n) is 2.98. The van der Waals surface area contributed by atoms with Gasteiger partial charge in [0.2, 0.25) is 0 Å². The monoisotopic (exact) mass is 224 g/mol. The van der Waals surface area contributed by atoms with E-state index in [0.29, 0.717) is 0 Å². The van der Waals surface area contributed by atoms with Gasteiger partial charge in [-0.05, 0) is 12.3 Å². The molecule has 0 rings (SSSR count). The summed E-state index contributed by atoms with van der Waals surface area (Å²) in [5.41, 5.74) is 0. The first-order chi connectivity index (χ1) is 3.77. The van der Waals surface area contributed by atoms with Crippen LogP contribution in [0, 0.1) is 5.92 Å². The number of hydrogen-bond donors (Lipinski definition) is 0. The van der Waals surface area contributed by atoms with Crippen LogP contribution in [0.2, 0.25) is 0 Å². The Morgan fingerprint density at radius 1 is 1.38 bits per heavy atom. The fourth-order valence-corrected chi connectivity index (χ4v) is 0.791. The second-order valence-electron chi connectivity index (χ2n) is 2.26. The smallest absolute Gasteiger partial charge is 0.0175 e. The van der Waals surface area contributed by atoms with E-state index in [-0.39, 0.29) is 0 Å². The Morgan fingerprint density at radius 2 is 2.00 bits per heavy atom. The van der Waals surface area contributed by atoms with Gasteiger partial charge in [-0.1, -0.05) is 48.6 Å². The summed E-state index contributed by atoms with van der Waals surface area (Å²) < 4.78 is 1.14. The molecule has 0 spiro atoms. The molecule has 0 aromatic heterocycles. The number of hydrogen-bond acceptors (Lipinski definition) is 0. The molecular formula is C7H13I. The molecule has 0 aromatic rings. The van der Waals surface area contributed by atoms with Gasteiger partial charge >= 0.3 is 0 Å². The van der Waals surface area contributed by atoms with Gasteiger partial charge in [-0.15, -0.1) is 0 Å². The second-order valence-corrected chi connectivity index (χ2v) is 3.14. The molecule has 0 aliphatic rings. The lowest BCUT2D eigenvalue weighted by Crippen LogP contribution is -1.80. The molecule has 8 heavy (non-hydrogen) atoms. The van der Waals surface area contributed by atoms with Crippen LogP contribution in [0.4, 0.5) is 0 Å². The topological polar surface area (TPSA) is 0 Å². The van der Waals surface area contributed by atoms with E-state index < -0.39 is 0 Å². The highest BCUT2D eigenvalue weighted by molar-refractivity contribution is 14.1. The molecule has 0 radical (unpaired) electrons. The molecule has 1 heteroatoms. The Hall–Kier alpha value is 0.470. The van der Waals surface area contributed by atoms with Crippen LogP contribution in [0.1, 0.15) is 20.3 Å². The second kappa shape index (κ2) is 5.60. The molecule has 0 N–H and O–H groups in total. The van der Waals surface area contributed by atoms with E-state index in [1.54, 1.807) is 0 Å². The summed E-state index contributed by atoms with van der Waals surface area (Å²) in [6, 6.07) is 0. The lowest BCUT2D eigenvalue weighted by Gasteiger charge is -1.94. The molecule has 0 fully saturated rings. The van der Waals surface area contributed by atoms with E-state index in [0.717, 1.165) is 10.3 Å². The molecule has 0 atom stereocenters. The van der Waals surface area contributed by atoms with Crippen molar-refractivity contribution in [3.05, 3.63) is 12.2 Å². The van der Waals surface area contributed by atoms with Gasteiger partial charge in [0.1, 0.15) is 0 Å². The zero-order valence-electron chi connectivity index (χ0n) is 5.52. The average molecular weight is 224 g/mol. The number of halogens is 1. The summed E-state index contributed by atoms with van der Waals surface area (Å²) >= 11 is 2.35. The molecule has 0 aromatic carbocycles. The lowest BCUT2D eigenvalue weighted by atomic mass is 10.1. The first-order valence-corrected chi connectivity index (χ1v) is 4.51. The summed E-state index contributed by atoms with van der Waals surface area (Å²) in [5, 5.41) is 0. The van der Waals surface area contributed by atoms with Crippen molar-refractivity contribution < 1.29 is 0 Å². The van der Waals surface area contributed by atoms with Crippen LogP contribution in [0.5, 0.6) is 0 Å². The van der Waals surface area contributed by atoms with Crippen molar-refractivity contribution in [3.63, 3.8) is 0 Å². The van der Waals surface area contributed by atoms with Crippen molar-refractivity contribution >= 4 is 22.6 Å². The van der Waals surface area contributed by atoms with E-state index in [2.05, 4.69) is 48.6 Å². The van der Waals surface area contributed by atoms with Crippen molar-refractivity contribution in [1.29, 1.82) is 0 Å². The third-order valence-electron chi connectivity index (χ3n) is 0.863. The van der Waals surface area contributed by atoms with Crippen LogP contribution in [0.25, 0.3) is 0 Å². The Morgan fingerprint density at radius 3 is 2.38 bits per heavy atom. The van der Waals surface area contributed by atoms with Gasteiger partial charge in [-0.3, -0.25) is 0 Å². The van der Waals surface area contributed by atoms with Gasteiger partial charge in [0.25, 0.3) is 0 Å². The maximum Gasteiger partial charge on any atom is 0.0175 e. The van der Waals surface area contributed by atoms with Crippen LogP contribution in [-0.2, 0) is 0 Å². The molecule has 0 saturated heterocycles. The van der Waals surface area contributed by atoms with Gasteiger partial charge in [-0.2, -0.15) is 0 Å². The quantitative estimate of drug-likeness (QED) is 0.392. The molecule has 0 unspecified atom stereocenters. The predicted molar refractivity (Wildman–Crippen MR) is 47.5 cm³/mol. The highest BCUT2D eigenvalue weighted by Gasteiger charge is 1.84. The zero-order valence-corrected chi connectivity index (χ0v) is 7.68. The van der Waals surface area contributed by atoms with E-state index in [4.69, 9.17) is 0 Å². The molecule has 0 saturated carbocycles. The van der Waals surface area contributed by atoms with Crippen molar-refractivity contribution in [2.45, 2.75) is 20.3 Å². The van der Waals surface area contributed by atoms with Crippen LogP contribution in [0.15, 0.2) is 12.2 Å². The third-order valence-corrected chi connectivity index (χ3v) is 1.37. The summed E-state index contributed by atoms with van der Waals surface area (Å²) in [5.74, 6) is 0.814. The number of rotatable bonds is 3. The minimum absolute atomic E-state index is 0.814. The van der Waals surface area contributed by atoms with Crippen LogP contribution < -0.4 is 0 Å². The predicted octanol–water partition coefficient (Wildman–Crippen LogP) is 3.02. The van der Waals surface area contributed by atoms with Crippen molar-refractivity contribution in [1.82, 2.24) is 0 Å². The summed E-state index contributed by atoms with van der Waals surface area (Å²) in [6.07, 6.45) is 5.68. The highest BCUT2D eigenvalue weighted by Crippen LogP contribution is 1.99. The maximum atomic E-state index is 2.35. The van der Waals surface area contributed by atoms with Gasteiger partial charge in [0.05, 0.1) is 0 Å². The molecule has 0 bridgehead atoms.